The molecule has 0 fully saturated rings. The topological polar surface area (TPSA) is 196 Å². The molecular weight excluding hydrogens is 753 g/mol. The van der Waals surface area contributed by atoms with Gasteiger partial charge < -0.3 is 34.3 Å². The van der Waals surface area contributed by atoms with E-state index in [0.29, 0.717) is 54.6 Å². The lowest BCUT2D eigenvalue weighted by Gasteiger charge is -2.33. The van der Waals surface area contributed by atoms with Crippen molar-refractivity contribution in [1.29, 1.82) is 0 Å². The van der Waals surface area contributed by atoms with Gasteiger partial charge in [0.15, 0.2) is 0 Å². The first-order chi connectivity index (χ1) is 26.3. The first-order valence-corrected chi connectivity index (χ1v) is 21.4. The van der Waals surface area contributed by atoms with E-state index in [1.807, 2.05) is 36.4 Å². The highest BCUT2D eigenvalue weighted by molar-refractivity contribution is 7.89. The molecule has 1 aliphatic carbocycles. The number of hydrogen-bond donors (Lipinski definition) is 3. The summed E-state index contributed by atoms with van der Waals surface area (Å²) in [7, 11) is -9.12. The molecule has 304 valence electrons. The van der Waals surface area contributed by atoms with Crippen LogP contribution in [0.5, 0.6) is 5.75 Å². The lowest BCUT2D eigenvalue weighted by atomic mass is 9.86. The van der Waals surface area contributed by atoms with Crippen molar-refractivity contribution in [2.24, 2.45) is 5.73 Å². The van der Waals surface area contributed by atoms with Crippen molar-refractivity contribution in [3.63, 3.8) is 0 Å². The quantitative estimate of drug-likeness (QED) is 0.0978. The zero-order chi connectivity index (χ0) is 40.0. The van der Waals surface area contributed by atoms with Gasteiger partial charge in [-0.1, -0.05) is 32.1 Å². The molecule has 4 N–H and O–H groups in total. The van der Waals surface area contributed by atoms with Crippen LogP contribution >= 0.6 is 0 Å². The maximum absolute atomic E-state index is 13.3. The summed E-state index contributed by atoms with van der Waals surface area (Å²) >= 11 is 0. The predicted octanol–water partition coefficient (Wildman–Crippen LogP) is 3.36. The van der Waals surface area contributed by atoms with E-state index >= 15 is 0 Å². The molecule has 1 heterocycles. The molecule has 0 saturated heterocycles. The fourth-order valence-corrected chi connectivity index (χ4v) is 8.08. The van der Waals surface area contributed by atoms with Gasteiger partial charge in [-0.3, -0.25) is 14.2 Å². The van der Waals surface area contributed by atoms with E-state index < -0.39 is 30.9 Å². The number of carbonyl (C=O) groups excluding carboxylic acids is 1. The number of benzene rings is 2. The van der Waals surface area contributed by atoms with Gasteiger partial charge in [-0.15, -0.1) is 0 Å². The van der Waals surface area contributed by atoms with Crippen molar-refractivity contribution in [2.75, 3.05) is 90.5 Å². The molecule has 15 nitrogen and oxygen atoms in total. The number of nitrogens with two attached hydrogens (primary N) is 1. The first-order valence-electron chi connectivity index (χ1n) is 18.5. The Morgan fingerprint density at radius 1 is 0.818 bits per heavy atom. The van der Waals surface area contributed by atoms with E-state index in [0.717, 1.165) is 37.9 Å². The summed E-state index contributed by atoms with van der Waals surface area (Å²) in [6, 6.07) is 9.35. The van der Waals surface area contributed by atoms with Crippen LogP contribution in [-0.2, 0) is 43.9 Å². The summed E-state index contributed by atoms with van der Waals surface area (Å²) in [6.07, 6.45) is 6.05. The number of primary amides is 1. The number of fused-ring (bicyclic) bond motifs is 2. The smallest absolute Gasteiger partial charge is 0.295 e. The monoisotopic (exact) mass is 806 g/mol. The molecule has 1 unspecified atom stereocenters. The Hall–Kier alpha value is -3.65. The Balaban J connectivity index is 1.46. The number of likely N-dealkylation sites (N-methyl/N-ethyl adjacent to an activating group) is 1. The molecular formula is C38H54N4O11S2. The summed E-state index contributed by atoms with van der Waals surface area (Å²) in [5.41, 5.74) is 7.81. The number of sulfonamides is 1. The normalized spacial score (nSPS) is 15.5. The average Bonchev–Trinajstić information content (AvgIpc) is 3.15. The molecule has 2 aromatic carbocycles. The molecule has 0 aromatic heterocycles. The zero-order valence-corrected chi connectivity index (χ0v) is 33.6. The summed E-state index contributed by atoms with van der Waals surface area (Å²) in [4.78, 5) is 14.2. The summed E-state index contributed by atoms with van der Waals surface area (Å²) in [6.45, 7) is 13.4. The number of allylic oxidation sites excluding steroid dienone is 1. The molecule has 1 amide bonds. The minimum Gasteiger partial charge on any atom is -0.456 e. The lowest BCUT2D eigenvalue weighted by molar-refractivity contribution is -0.119. The van der Waals surface area contributed by atoms with Crippen LogP contribution < -0.4 is 20.1 Å². The Bertz CT molecular complexity index is 1920. The number of nitrogens with one attached hydrogen (secondary N) is 1. The van der Waals surface area contributed by atoms with Gasteiger partial charge in [0.1, 0.15) is 16.4 Å². The van der Waals surface area contributed by atoms with Gasteiger partial charge in [-0.05, 0) is 57.3 Å². The van der Waals surface area contributed by atoms with Crippen LogP contribution in [0.1, 0.15) is 45.2 Å². The second-order valence-corrected chi connectivity index (χ2v) is 15.7. The number of hydrogen-bond acceptors (Lipinski definition) is 12. The van der Waals surface area contributed by atoms with Crippen LogP contribution in [0.3, 0.4) is 0 Å². The Morgan fingerprint density at radius 2 is 1.42 bits per heavy atom. The predicted molar refractivity (Wildman–Crippen MR) is 209 cm³/mol. The second kappa shape index (κ2) is 21.0. The van der Waals surface area contributed by atoms with Crippen molar-refractivity contribution in [2.45, 2.75) is 49.9 Å². The lowest BCUT2D eigenvalue weighted by Crippen LogP contribution is -2.34. The third kappa shape index (κ3) is 12.2. The SMILES string of the molecule is CCN(CC)c1ccc2c(c1)OC1=CC(N(CC)CC)C=CC1=C2c1ccc(S(=O)(=O)NCCOCCOCCOCCOCCC(N)=O)cc1S(=O)(=O)O. The number of nitrogens with zero attached hydrogens (tertiary/aromatic N) is 2. The zero-order valence-electron chi connectivity index (χ0n) is 32.0. The third-order valence-corrected chi connectivity index (χ3v) is 11.4. The fraction of sp³-hybridized carbons (Fsp3) is 0.500. The highest BCUT2D eigenvalue weighted by Crippen LogP contribution is 2.46. The maximum atomic E-state index is 13.3. The van der Waals surface area contributed by atoms with E-state index in [9.17, 15) is 26.2 Å². The number of rotatable bonds is 25. The molecule has 17 heteroatoms. The van der Waals surface area contributed by atoms with Gasteiger partial charge in [-0.25, -0.2) is 13.1 Å². The maximum Gasteiger partial charge on any atom is 0.295 e. The molecule has 0 saturated carbocycles. The Labute approximate surface area is 324 Å². The fourth-order valence-electron chi connectivity index (χ4n) is 6.24. The minimum atomic E-state index is -4.92. The number of anilines is 1. The van der Waals surface area contributed by atoms with E-state index in [4.69, 9.17) is 29.4 Å². The van der Waals surface area contributed by atoms with Gasteiger partial charge in [-0.2, -0.15) is 8.42 Å². The second-order valence-electron chi connectivity index (χ2n) is 12.5. The number of ether oxygens (including phenoxy) is 5. The molecule has 0 bridgehead atoms. The highest BCUT2D eigenvalue weighted by Gasteiger charge is 2.32. The van der Waals surface area contributed by atoms with E-state index in [1.54, 1.807) is 0 Å². The van der Waals surface area contributed by atoms with Crippen LogP contribution in [0.2, 0.25) is 0 Å². The average molecular weight is 807 g/mol. The number of carbonyl (C=O) groups is 1. The van der Waals surface area contributed by atoms with Gasteiger partial charge in [0.2, 0.25) is 15.9 Å². The van der Waals surface area contributed by atoms with Crippen LogP contribution in [-0.4, -0.2) is 124 Å². The largest absolute Gasteiger partial charge is 0.456 e. The van der Waals surface area contributed by atoms with Gasteiger partial charge in [0, 0.05) is 60.1 Å². The van der Waals surface area contributed by atoms with Crippen molar-refractivity contribution in [1.82, 2.24) is 9.62 Å². The van der Waals surface area contributed by atoms with Crippen molar-refractivity contribution >= 4 is 37.3 Å². The molecule has 1 aliphatic heterocycles. The standard InChI is InChI=1S/C38H54N4O11S2/c1-5-41(6-2)28-9-12-31-34(25-28)53-35-26-29(42(7-3)8-4)10-13-32(35)38(31)33-14-11-30(27-36(33)55(46,47)48)54(44,45)40-16-18-50-20-22-52-24-23-51-21-19-49-17-15-37(39)43/h9-14,25-28,40H,5-8,15-24H2,1-4H3,(H2,39,43)(H,46,47,48). The van der Waals surface area contributed by atoms with E-state index in [1.165, 1.54) is 12.1 Å². The van der Waals surface area contributed by atoms with Crippen molar-refractivity contribution < 1.29 is 49.9 Å². The minimum absolute atomic E-state index is 0.0312. The summed E-state index contributed by atoms with van der Waals surface area (Å²) in [5.74, 6) is 0.631. The van der Waals surface area contributed by atoms with Crippen LogP contribution in [0.15, 0.2) is 75.7 Å². The van der Waals surface area contributed by atoms with E-state index in [-0.39, 0.29) is 55.9 Å². The molecule has 55 heavy (non-hydrogen) atoms. The van der Waals surface area contributed by atoms with E-state index in [2.05, 4.69) is 42.2 Å². The highest BCUT2D eigenvalue weighted by atomic mass is 32.2. The molecule has 2 aromatic rings. The van der Waals surface area contributed by atoms with Crippen LogP contribution in [0.25, 0.3) is 5.57 Å². The van der Waals surface area contributed by atoms with Crippen LogP contribution in [0.4, 0.5) is 5.69 Å². The molecule has 0 spiro atoms. The molecule has 1 atom stereocenters. The van der Waals surface area contributed by atoms with Gasteiger partial charge >= 0.3 is 0 Å². The third-order valence-electron chi connectivity index (χ3n) is 9.09. The Morgan fingerprint density at radius 3 is 2.00 bits per heavy atom. The summed E-state index contributed by atoms with van der Waals surface area (Å²) < 4.78 is 93.5. The number of amides is 1. The van der Waals surface area contributed by atoms with Crippen LogP contribution in [0, 0.1) is 0 Å². The molecule has 2 aliphatic rings. The van der Waals surface area contributed by atoms with Crippen molar-refractivity contribution in [3.8, 4) is 5.75 Å². The van der Waals surface area contributed by atoms with Gasteiger partial charge in [0.05, 0.1) is 63.8 Å². The molecule has 4 rings (SSSR count). The van der Waals surface area contributed by atoms with Gasteiger partial charge in [0.25, 0.3) is 10.1 Å². The van der Waals surface area contributed by atoms with Crippen molar-refractivity contribution in [3.05, 3.63) is 77.1 Å². The Kier molecular flexibility index (Phi) is 16.9. The summed E-state index contributed by atoms with van der Waals surface area (Å²) in [5, 5.41) is 0. The first kappa shape index (κ1) is 44.1. The molecule has 0 radical (unpaired) electrons.